The molecule has 1 aliphatic rings. The molecular weight excluding hydrogens is 269 g/mol. The Hall–Kier alpha value is -0.440. The van der Waals surface area contributed by atoms with Crippen molar-refractivity contribution >= 4 is 23.2 Å². The molecule has 1 aromatic carbocycles. The topological polar surface area (TPSA) is 21.3 Å². The van der Waals surface area contributed by atoms with Gasteiger partial charge in [-0.2, -0.15) is 0 Å². The number of halogens is 2. The second-order valence-electron chi connectivity index (χ2n) is 5.18. The molecule has 1 aromatic rings. The predicted octanol–water partition coefficient (Wildman–Crippen LogP) is 4.01. The Morgan fingerprint density at radius 2 is 1.89 bits per heavy atom. The third-order valence-electron chi connectivity index (χ3n) is 3.33. The van der Waals surface area contributed by atoms with Gasteiger partial charge in [0.15, 0.2) is 0 Å². The van der Waals surface area contributed by atoms with Crippen molar-refractivity contribution in [3.63, 3.8) is 0 Å². The van der Waals surface area contributed by atoms with Crippen molar-refractivity contribution in [1.82, 2.24) is 5.32 Å². The van der Waals surface area contributed by atoms with Crippen LogP contribution < -0.4 is 10.1 Å². The minimum Gasteiger partial charge on any atom is -0.490 e. The first-order chi connectivity index (χ1) is 8.56. The van der Waals surface area contributed by atoms with E-state index in [-0.39, 0.29) is 6.10 Å². The molecule has 1 fully saturated rings. The van der Waals surface area contributed by atoms with E-state index in [1.54, 1.807) is 6.07 Å². The number of hydrogen-bond donors (Lipinski definition) is 1. The van der Waals surface area contributed by atoms with Crippen LogP contribution in [0, 0.1) is 11.8 Å². The molecule has 0 spiro atoms. The Bertz CT molecular complexity index is 383. The van der Waals surface area contributed by atoms with E-state index in [4.69, 9.17) is 27.9 Å². The van der Waals surface area contributed by atoms with Gasteiger partial charge in [0.05, 0.1) is 0 Å². The van der Waals surface area contributed by atoms with E-state index >= 15 is 0 Å². The maximum Gasteiger partial charge on any atom is 0.122 e. The molecule has 0 radical (unpaired) electrons. The Kier molecular flexibility index (Phi) is 4.77. The van der Waals surface area contributed by atoms with Crippen molar-refractivity contribution in [3.8, 4) is 5.75 Å². The average Bonchev–Trinajstić information content (AvgIpc) is 2.77. The summed E-state index contributed by atoms with van der Waals surface area (Å²) >= 11 is 12.0. The van der Waals surface area contributed by atoms with Crippen LogP contribution in [0.15, 0.2) is 18.2 Å². The smallest absolute Gasteiger partial charge is 0.122 e. The van der Waals surface area contributed by atoms with Gasteiger partial charge in [-0.1, -0.05) is 37.0 Å². The van der Waals surface area contributed by atoms with E-state index in [9.17, 15) is 0 Å². The van der Waals surface area contributed by atoms with Gasteiger partial charge < -0.3 is 10.1 Å². The molecule has 100 valence electrons. The lowest BCUT2D eigenvalue weighted by molar-refractivity contribution is 0.0974. The highest BCUT2D eigenvalue weighted by Crippen LogP contribution is 2.29. The van der Waals surface area contributed by atoms with E-state index in [1.165, 1.54) is 0 Å². The van der Waals surface area contributed by atoms with Crippen LogP contribution in [0.4, 0.5) is 0 Å². The highest BCUT2D eigenvalue weighted by Gasteiger charge is 2.29. The first-order valence-electron chi connectivity index (χ1n) is 6.39. The summed E-state index contributed by atoms with van der Waals surface area (Å²) < 4.78 is 6.11. The van der Waals surface area contributed by atoms with Crippen LogP contribution in [0.5, 0.6) is 5.75 Å². The summed E-state index contributed by atoms with van der Waals surface area (Å²) in [6.45, 7) is 6.48. The Morgan fingerprint density at radius 1 is 1.22 bits per heavy atom. The zero-order valence-corrected chi connectivity index (χ0v) is 12.3. The first kappa shape index (κ1) is 14.0. The Morgan fingerprint density at radius 3 is 2.39 bits per heavy atom. The fourth-order valence-corrected chi connectivity index (χ4v) is 2.99. The van der Waals surface area contributed by atoms with Crippen LogP contribution in [0.1, 0.15) is 20.3 Å². The monoisotopic (exact) mass is 287 g/mol. The van der Waals surface area contributed by atoms with Crippen molar-refractivity contribution in [2.75, 3.05) is 13.1 Å². The van der Waals surface area contributed by atoms with Gasteiger partial charge >= 0.3 is 0 Å². The molecule has 0 bridgehead atoms. The van der Waals surface area contributed by atoms with Gasteiger partial charge in [0.25, 0.3) is 0 Å². The minimum atomic E-state index is 0.203. The zero-order chi connectivity index (χ0) is 13.1. The normalized spacial score (nSPS) is 21.3. The van der Waals surface area contributed by atoms with Crippen LogP contribution in [-0.4, -0.2) is 19.2 Å². The second kappa shape index (κ2) is 6.14. The fraction of sp³-hybridized carbons (Fsp3) is 0.571. The quantitative estimate of drug-likeness (QED) is 0.904. The molecule has 2 atom stereocenters. The summed E-state index contributed by atoms with van der Waals surface area (Å²) in [5.74, 6) is 1.79. The van der Waals surface area contributed by atoms with Gasteiger partial charge in [-0.25, -0.2) is 0 Å². The largest absolute Gasteiger partial charge is 0.490 e. The van der Waals surface area contributed by atoms with Crippen LogP contribution in [0.3, 0.4) is 0 Å². The van der Waals surface area contributed by atoms with Crippen LogP contribution in [0.2, 0.25) is 10.0 Å². The summed E-state index contributed by atoms with van der Waals surface area (Å²) in [5.41, 5.74) is 0. The highest BCUT2D eigenvalue weighted by atomic mass is 35.5. The van der Waals surface area contributed by atoms with E-state index in [1.807, 2.05) is 12.1 Å². The van der Waals surface area contributed by atoms with E-state index in [0.717, 1.165) is 25.3 Å². The summed E-state index contributed by atoms with van der Waals surface area (Å²) in [7, 11) is 0. The van der Waals surface area contributed by atoms with Crippen LogP contribution in [-0.2, 0) is 0 Å². The Labute approximate surface area is 119 Å². The van der Waals surface area contributed by atoms with Gasteiger partial charge in [-0.05, 0) is 37.1 Å². The van der Waals surface area contributed by atoms with Gasteiger partial charge in [-0.15, -0.1) is 0 Å². The SMILES string of the molecule is CC(C)[C@H](Oc1cc(Cl)cc(Cl)c1)[C@@H]1CCNC1. The molecule has 18 heavy (non-hydrogen) atoms. The number of nitrogens with one attached hydrogen (secondary N) is 1. The van der Waals surface area contributed by atoms with Crippen molar-refractivity contribution in [3.05, 3.63) is 28.2 Å². The molecular formula is C14H19Cl2NO. The third-order valence-corrected chi connectivity index (χ3v) is 3.76. The maximum atomic E-state index is 6.11. The lowest BCUT2D eigenvalue weighted by Crippen LogP contribution is -2.33. The lowest BCUT2D eigenvalue weighted by atomic mass is 9.92. The molecule has 2 rings (SSSR count). The van der Waals surface area contributed by atoms with E-state index in [0.29, 0.717) is 21.9 Å². The standard InChI is InChI=1S/C14H19Cl2NO/c1-9(2)14(10-3-4-17-8-10)18-13-6-11(15)5-12(16)7-13/h5-7,9-10,14,17H,3-4,8H2,1-2H3/t10-,14+/m1/s1. The summed E-state index contributed by atoms with van der Waals surface area (Å²) in [5, 5.41) is 4.61. The molecule has 1 N–H and O–H groups in total. The number of benzene rings is 1. The minimum absolute atomic E-state index is 0.203. The van der Waals surface area contributed by atoms with Gasteiger partial charge in [-0.3, -0.25) is 0 Å². The molecule has 0 aliphatic carbocycles. The van der Waals surface area contributed by atoms with Crippen molar-refractivity contribution in [2.45, 2.75) is 26.4 Å². The molecule has 1 aliphatic heterocycles. The molecule has 0 aromatic heterocycles. The predicted molar refractivity (Wildman–Crippen MR) is 76.7 cm³/mol. The third kappa shape index (κ3) is 3.53. The molecule has 0 unspecified atom stereocenters. The van der Waals surface area contributed by atoms with Gasteiger partial charge in [0, 0.05) is 22.5 Å². The van der Waals surface area contributed by atoms with Crippen molar-refractivity contribution < 1.29 is 4.74 Å². The van der Waals surface area contributed by atoms with Gasteiger partial charge in [0.1, 0.15) is 11.9 Å². The fourth-order valence-electron chi connectivity index (χ4n) is 2.49. The van der Waals surface area contributed by atoms with Crippen LogP contribution >= 0.6 is 23.2 Å². The molecule has 1 heterocycles. The molecule has 4 heteroatoms. The first-order valence-corrected chi connectivity index (χ1v) is 7.15. The van der Waals surface area contributed by atoms with Crippen molar-refractivity contribution in [2.24, 2.45) is 11.8 Å². The molecule has 0 saturated carbocycles. The molecule has 0 amide bonds. The second-order valence-corrected chi connectivity index (χ2v) is 6.06. The van der Waals surface area contributed by atoms with E-state index in [2.05, 4.69) is 19.2 Å². The summed E-state index contributed by atoms with van der Waals surface area (Å²) in [6, 6.07) is 5.37. The summed E-state index contributed by atoms with van der Waals surface area (Å²) in [4.78, 5) is 0. The highest BCUT2D eigenvalue weighted by molar-refractivity contribution is 6.34. The Balaban J connectivity index is 2.12. The lowest BCUT2D eigenvalue weighted by Gasteiger charge is -2.27. The molecule has 1 saturated heterocycles. The number of rotatable bonds is 4. The van der Waals surface area contributed by atoms with Crippen LogP contribution in [0.25, 0.3) is 0 Å². The van der Waals surface area contributed by atoms with Gasteiger partial charge in [0.2, 0.25) is 0 Å². The maximum absolute atomic E-state index is 6.11. The average molecular weight is 288 g/mol. The van der Waals surface area contributed by atoms with Crippen molar-refractivity contribution in [1.29, 1.82) is 0 Å². The zero-order valence-electron chi connectivity index (χ0n) is 10.7. The van der Waals surface area contributed by atoms with E-state index < -0.39 is 0 Å². The number of hydrogen-bond acceptors (Lipinski definition) is 2. The molecule has 2 nitrogen and oxygen atoms in total. The summed E-state index contributed by atoms with van der Waals surface area (Å²) in [6.07, 6.45) is 1.37. The number of ether oxygens (including phenoxy) is 1.